The van der Waals surface area contributed by atoms with Gasteiger partial charge in [-0.2, -0.15) is 0 Å². The van der Waals surface area contributed by atoms with Crippen LogP contribution in [0.4, 0.5) is 0 Å². The Bertz CT molecular complexity index is 1250. The number of allylic oxidation sites excluding steroid dienone is 2. The number of hydrogen-bond acceptors (Lipinski definition) is 4. The number of ether oxygens (including phenoxy) is 1. The Morgan fingerprint density at radius 2 is 1.50 bits per heavy atom. The summed E-state index contributed by atoms with van der Waals surface area (Å²) in [4.78, 5) is 10.7. The highest BCUT2D eigenvalue weighted by atomic mass is 16.5. The van der Waals surface area contributed by atoms with Gasteiger partial charge in [-0.25, -0.2) is 4.79 Å². The zero-order valence-electron chi connectivity index (χ0n) is 16.1. The Balaban J connectivity index is 0.000000168. The van der Waals surface area contributed by atoms with Gasteiger partial charge in [0.1, 0.15) is 17.1 Å². The first-order valence-corrected chi connectivity index (χ1v) is 9.58. The maximum Gasteiger partial charge on any atom is 0.336 e. The normalized spacial score (nSPS) is 14.9. The summed E-state index contributed by atoms with van der Waals surface area (Å²) in [6, 6.07) is 28.0. The summed E-state index contributed by atoms with van der Waals surface area (Å²) in [7, 11) is 0. The fraction of sp³-hybridized carbons (Fsp3) is 0.0385. The van der Waals surface area contributed by atoms with Crippen molar-refractivity contribution in [2.75, 3.05) is 0 Å². The Kier molecular flexibility index (Phi) is 5.76. The molecule has 0 saturated heterocycles. The summed E-state index contributed by atoms with van der Waals surface area (Å²) in [5, 5.41) is 10.8. The molecule has 0 radical (unpaired) electrons. The lowest BCUT2D eigenvalue weighted by molar-refractivity contribution is 0.415. The SMILES string of the molecule is O=c1ccc2ccccc2o1.Oc1ccccc1C1=CC(c2ccccc2)C=CO1. The van der Waals surface area contributed by atoms with Crippen LogP contribution in [0.2, 0.25) is 0 Å². The first kappa shape index (κ1) is 19.3. The maximum atomic E-state index is 10.7. The fourth-order valence-corrected chi connectivity index (χ4v) is 3.18. The average molecular weight is 396 g/mol. The third kappa shape index (κ3) is 4.50. The van der Waals surface area contributed by atoms with Gasteiger partial charge in [-0.1, -0.05) is 60.7 Å². The average Bonchev–Trinajstić information content (AvgIpc) is 2.80. The van der Waals surface area contributed by atoms with Crippen molar-refractivity contribution in [3.63, 3.8) is 0 Å². The highest BCUT2D eigenvalue weighted by molar-refractivity contribution is 5.75. The molecule has 4 nitrogen and oxygen atoms in total. The van der Waals surface area contributed by atoms with Crippen LogP contribution in [0.3, 0.4) is 0 Å². The van der Waals surface area contributed by atoms with Crippen LogP contribution in [-0.2, 0) is 4.74 Å². The maximum absolute atomic E-state index is 10.7. The smallest absolute Gasteiger partial charge is 0.336 e. The van der Waals surface area contributed by atoms with Gasteiger partial charge in [-0.15, -0.1) is 0 Å². The lowest BCUT2D eigenvalue weighted by Gasteiger charge is -2.17. The summed E-state index contributed by atoms with van der Waals surface area (Å²) >= 11 is 0. The second-order valence-electron chi connectivity index (χ2n) is 6.72. The molecule has 1 unspecified atom stereocenters. The van der Waals surface area contributed by atoms with Gasteiger partial charge < -0.3 is 14.3 Å². The molecule has 0 bridgehead atoms. The monoisotopic (exact) mass is 396 g/mol. The van der Waals surface area contributed by atoms with E-state index in [1.54, 1.807) is 30.5 Å². The van der Waals surface area contributed by atoms with Crippen LogP contribution in [0.15, 0.2) is 119 Å². The van der Waals surface area contributed by atoms with Crippen molar-refractivity contribution in [1.82, 2.24) is 0 Å². The molecule has 1 aliphatic heterocycles. The molecule has 0 aliphatic carbocycles. The van der Waals surface area contributed by atoms with Crippen LogP contribution in [0.5, 0.6) is 5.75 Å². The third-order valence-electron chi connectivity index (χ3n) is 4.69. The molecule has 30 heavy (non-hydrogen) atoms. The van der Waals surface area contributed by atoms with E-state index in [0.29, 0.717) is 16.9 Å². The Hall–Kier alpha value is -4.05. The number of rotatable bonds is 2. The predicted molar refractivity (Wildman–Crippen MR) is 118 cm³/mol. The first-order chi connectivity index (χ1) is 14.7. The third-order valence-corrected chi connectivity index (χ3v) is 4.69. The lowest BCUT2D eigenvalue weighted by Crippen LogP contribution is -1.99. The van der Waals surface area contributed by atoms with Gasteiger partial charge in [-0.05, 0) is 42.0 Å². The largest absolute Gasteiger partial charge is 0.507 e. The Labute approximate surface area is 174 Å². The van der Waals surface area contributed by atoms with Crippen LogP contribution < -0.4 is 5.63 Å². The predicted octanol–water partition coefficient (Wildman–Crippen LogP) is 5.85. The lowest BCUT2D eigenvalue weighted by atomic mass is 9.96. The molecule has 2 heterocycles. The number of benzene rings is 3. The molecule has 3 aromatic carbocycles. The second kappa shape index (κ2) is 8.97. The molecule has 4 aromatic rings. The van der Waals surface area contributed by atoms with Crippen molar-refractivity contribution < 1.29 is 14.3 Å². The van der Waals surface area contributed by atoms with Crippen LogP contribution >= 0.6 is 0 Å². The van der Waals surface area contributed by atoms with E-state index in [0.717, 1.165) is 5.39 Å². The van der Waals surface area contributed by atoms with E-state index in [-0.39, 0.29) is 17.3 Å². The number of phenols is 1. The van der Waals surface area contributed by atoms with Gasteiger partial charge in [0.05, 0.1) is 11.8 Å². The van der Waals surface area contributed by atoms with Crippen molar-refractivity contribution in [3.05, 3.63) is 131 Å². The van der Waals surface area contributed by atoms with E-state index < -0.39 is 0 Å². The Morgan fingerprint density at radius 3 is 2.33 bits per heavy atom. The van der Waals surface area contributed by atoms with Crippen molar-refractivity contribution in [2.45, 2.75) is 5.92 Å². The van der Waals surface area contributed by atoms with Crippen molar-refractivity contribution >= 4 is 16.7 Å². The molecule has 4 heteroatoms. The van der Waals surface area contributed by atoms with E-state index in [1.165, 1.54) is 11.6 Å². The van der Waals surface area contributed by atoms with Crippen LogP contribution in [0.1, 0.15) is 17.0 Å². The minimum Gasteiger partial charge on any atom is -0.507 e. The molecular weight excluding hydrogens is 376 g/mol. The van der Waals surface area contributed by atoms with Crippen LogP contribution in [0, 0.1) is 0 Å². The zero-order valence-corrected chi connectivity index (χ0v) is 16.1. The number of fused-ring (bicyclic) bond motifs is 1. The summed E-state index contributed by atoms with van der Waals surface area (Å²) in [6.45, 7) is 0. The minimum absolute atomic E-state index is 0.171. The molecule has 0 saturated carbocycles. The molecule has 1 N–H and O–H groups in total. The molecule has 1 aromatic heterocycles. The summed E-state index contributed by atoms with van der Waals surface area (Å²) in [5.41, 5.74) is 2.26. The van der Waals surface area contributed by atoms with Crippen molar-refractivity contribution in [2.24, 2.45) is 0 Å². The van der Waals surface area contributed by atoms with Gasteiger partial charge in [-0.3, -0.25) is 0 Å². The number of phenolic OH excluding ortho intramolecular Hbond substituents is 1. The second-order valence-corrected chi connectivity index (χ2v) is 6.72. The molecule has 5 rings (SSSR count). The minimum atomic E-state index is -0.302. The molecule has 1 atom stereocenters. The molecule has 148 valence electrons. The summed E-state index contributed by atoms with van der Waals surface area (Å²) in [5.74, 6) is 1.09. The van der Waals surface area contributed by atoms with Gasteiger partial charge in [0.2, 0.25) is 0 Å². The number of para-hydroxylation sites is 2. The van der Waals surface area contributed by atoms with Gasteiger partial charge >= 0.3 is 5.63 Å². The van der Waals surface area contributed by atoms with Crippen molar-refractivity contribution in [3.8, 4) is 5.75 Å². The highest BCUT2D eigenvalue weighted by Crippen LogP contribution is 2.32. The van der Waals surface area contributed by atoms with E-state index in [9.17, 15) is 9.90 Å². The molecule has 1 aliphatic rings. The first-order valence-electron chi connectivity index (χ1n) is 9.58. The number of aromatic hydroxyl groups is 1. The summed E-state index contributed by atoms with van der Waals surface area (Å²) in [6.07, 6.45) is 5.70. The molecule has 0 fully saturated rings. The van der Waals surface area contributed by atoms with E-state index >= 15 is 0 Å². The summed E-state index contributed by atoms with van der Waals surface area (Å²) < 4.78 is 10.4. The fourth-order valence-electron chi connectivity index (χ4n) is 3.18. The van der Waals surface area contributed by atoms with Gasteiger partial charge in [0, 0.05) is 17.4 Å². The van der Waals surface area contributed by atoms with E-state index in [4.69, 9.17) is 9.15 Å². The zero-order chi connectivity index (χ0) is 20.8. The van der Waals surface area contributed by atoms with Crippen LogP contribution in [-0.4, -0.2) is 5.11 Å². The topological polar surface area (TPSA) is 59.7 Å². The molecule has 0 spiro atoms. The standard InChI is InChI=1S/C17H14O2.C9H6O2/c18-16-9-5-4-8-15(16)17-12-14(10-11-19-17)13-6-2-1-3-7-13;10-9-6-5-7-3-1-2-4-8(7)11-9/h1-12,14,18H;1-6H. The van der Waals surface area contributed by atoms with E-state index in [1.807, 2.05) is 60.7 Å². The van der Waals surface area contributed by atoms with Gasteiger partial charge in [0.25, 0.3) is 0 Å². The quantitative estimate of drug-likeness (QED) is 0.432. The van der Waals surface area contributed by atoms with E-state index in [2.05, 4.69) is 12.1 Å². The highest BCUT2D eigenvalue weighted by Gasteiger charge is 2.15. The van der Waals surface area contributed by atoms with Crippen LogP contribution in [0.25, 0.3) is 16.7 Å². The molecular formula is C26H20O4. The van der Waals surface area contributed by atoms with Crippen molar-refractivity contribution in [1.29, 1.82) is 0 Å². The van der Waals surface area contributed by atoms with Gasteiger partial charge in [0.15, 0.2) is 0 Å². The molecule has 0 amide bonds. The Morgan fingerprint density at radius 1 is 0.767 bits per heavy atom. The number of hydrogen-bond donors (Lipinski definition) is 1.